The van der Waals surface area contributed by atoms with Gasteiger partial charge in [0.05, 0.1) is 6.04 Å². The number of hydrogen-bond donors (Lipinski definition) is 7. The van der Waals surface area contributed by atoms with Gasteiger partial charge in [0.1, 0.15) is 18.1 Å². The zero-order valence-electron chi connectivity index (χ0n) is 20.3. The molecule has 0 heterocycles. The third-order valence-electron chi connectivity index (χ3n) is 5.17. The largest absolute Gasteiger partial charge is 0.480 e. The summed E-state index contributed by atoms with van der Waals surface area (Å²) >= 11 is 0. The number of carbonyl (C=O) groups is 4. The van der Waals surface area contributed by atoms with Gasteiger partial charge in [-0.2, -0.15) is 0 Å². The lowest BCUT2D eigenvalue weighted by Gasteiger charge is -2.27. The number of aliphatic imine (C=N–C) groups is 1. The van der Waals surface area contributed by atoms with E-state index < -0.39 is 47.9 Å². The number of aliphatic carboxylic acids is 1. The highest BCUT2D eigenvalue weighted by molar-refractivity contribution is 5.94. The summed E-state index contributed by atoms with van der Waals surface area (Å²) in [5.74, 6) is -3.02. The van der Waals surface area contributed by atoms with Crippen LogP contribution in [0.1, 0.15) is 60.3 Å². The van der Waals surface area contributed by atoms with Crippen LogP contribution in [0.4, 0.5) is 0 Å². The molecular weight excluding hydrogens is 430 g/mol. The van der Waals surface area contributed by atoms with Crippen LogP contribution in [-0.2, 0) is 19.2 Å². The van der Waals surface area contributed by atoms with Crippen molar-refractivity contribution >= 4 is 29.7 Å². The minimum absolute atomic E-state index is 0.100. The standard InChI is InChI=1S/C21H41N7O5/c1-6-12(4)16(19(31)27-15(20(32)33)8-7-9-25-21(23)24)28-17(29)13(5)26-18(30)14(22)10-11(2)3/h11-16H,6-10,22H2,1-5H3,(H,26,30)(H,27,31)(H,28,29)(H,32,33)(H4,23,24,25). The number of rotatable bonds is 15. The average Bonchev–Trinajstić information content (AvgIpc) is 2.72. The second-order valence-electron chi connectivity index (χ2n) is 8.69. The lowest BCUT2D eigenvalue weighted by molar-refractivity contribution is -0.142. The van der Waals surface area contributed by atoms with E-state index in [1.807, 2.05) is 20.8 Å². The number of carboxylic acids is 1. The van der Waals surface area contributed by atoms with Gasteiger partial charge in [0.15, 0.2) is 5.96 Å². The van der Waals surface area contributed by atoms with Crippen LogP contribution in [0.25, 0.3) is 0 Å². The molecule has 0 saturated heterocycles. The van der Waals surface area contributed by atoms with Crippen molar-refractivity contribution in [2.75, 3.05) is 6.54 Å². The molecule has 0 aromatic carbocycles. The van der Waals surface area contributed by atoms with E-state index in [9.17, 15) is 24.3 Å². The van der Waals surface area contributed by atoms with Gasteiger partial charge in [-0.05, 0) is 38.0 Å². The summed E-state index contributed by atoms with van der Waals surface area (Å²) in [5.41, 5.74) is 16.3. The van der Waals surface area contributed by atoms with Crippen molar-refractivity contribution in [3.63, 3.8) is 0 Å². The zero-order valence-corrected chi connectivity index (χ0v) is 20.3. The van der Waals surface area contributed by atoms with Crippen LogP contribution in [-0.4, -0.2) is 65.5 Å². The number of carbonyl (C=O) groups excluding carboxylic acids is 3. The van der Waals surface area contributed by atoms with Crippen LogP contribution in [0, 0.1) is 11.8 Å². The van der Waals surface area contributed by atoms with Crippen LogP contribution < -0.4 is 33.2 Å². The quantitative estimate of drug-likeness (QED) is 0.0892. The van der Waals surface area contributed by atoms with Crippen molar-refractivity contribution < 1.29 is 24.3 Å². The van der Waals surface area contributed by atoms with E-state index in [-0.39, 0.29) is 30.8 Å². The molecule has 12 nitrogen and oxygen atoms in total. The first kappa shape index (κ1) is 30.1. The van der Waals surface area contributed by atoms with Crippen LogP contribution in [0.5, 0.6) is 0 Å². The van der Waals surface area contributed by atoms with Crippen molar-refractivity contribution in [2.45, 2.75) is 84.5 Å². The molecule has 5 unspecified atom stereocenters. The first-order valence-electron chi connectivity index (χ1n) is 11.2. The molecule has 0 rings (SSSR count). The van der Waals surface area contributed by atoms with E-state index in [0.29, 0.717) is 19.3 Å². The van der Waals surface area contributed by atoms with Crippen LogP contribution in [0.3, 0.4) is 0 Å². The summed E-state index contributed by atoms with van der Waals surface area (Å²) < 4.78 is 0. The molecule has 5 atom stereocenters. The fraction of sp³-hybridized carbons (Fsp3) is 0.762. The van der Waals surface area contributed by atoms with Gasteiger partial charge in [-0.25, -0.2) is 4.79 Å². The van der Waals surface area contributed by atoms with Gasteiger partial charge in [-0.3, -0.25) is 19.4 Å². The first-order chi connectivity index (χ1) is 15.3. The Hall–Kier alpha value is -2.89. The van der Waals surface area contributed by atoms with Crippen molar-refractivity contribution in [3.05, 3.63) is 0 Å². The highest BCUT2D eigenvalue weighted by Crippen LogP contribution is 2.10. The molecule has 0 radical (unpaired) electrons. The normalized spacial score (nSPS) is 15.5. The molecule has 3 amide bonds. The Morgan fingerprint density at radius 1 is 0.939 bits per heavy atom. The SMILES string of the molecule is CCC(C)C(NC(=O)C(C)NC(=O)C(N)CC(C)C)C(=O)NC(CCCN=C(N)N)C(=O)O. The smallest absolute Gasteiger partial charge is 0.326 e. The number of hydrogen-bond acceptors (Lipinski definition) is 6. The second-order valence-corrected chi connectivity index (χ2v) is 8.69. The minimum atomic E-state index is -1.21. The van der Waals surface area contributed by atoms with E-state index in [4.69, 9.17) is 17.2 Å². The summed E-state index contributed by atoms with van der Waals surface area (Å²) in [5, 5.41) is 17.1. The van der Waals surface area contributed by atoms with Gasteiger partial charge in [0.2, 0.25) is 17.7 Å². The molecule has 10 N–H and O–H groups in total. The molecule has 0 saturated carbocycles. The summed E-state index contributed by atoms with van der Waals surface area (Å²) in [7, 11) is 0. The molecular formula is C21H41N7O5. The molecule has 0 aliphatic heterocycles. The highest BCUT2D eigenvalue weighted by atomic mass is 16.4. The number of nitrogens with one attached hydrogen (secondary N) is 3. The summed E-state index contributed by atoms with van der Waals surface area (Å²) in [6, 6.07) is -3.82. The molecule has 0 spiro atoms. The zero-order chi connectivity index (χ0) is 25.7. The number of nitrogens with two attached hydrogens (primary N) is 3. The number of amides is 3. The number of carboxylic acid groups (broad SMARTS) is 1. The Kier molecular flexibility index (Phi) is 13.7. The predicted molar refractivity (Wildman–Crippen MR) is 126 cm³/mol. The van der Waals surface area contributed by atoms with E-state index >= 15 is 0 Å². The fourth-order valence-electron chi connectivity index (χ4n) is 3.00. The summed E-state index contributed by atoms with van der Waals surface area (Å²) in [4.78, 5) is 53.1. The Morgan fingerprint density at radius 2 is 1.55 bits per heavy atom. The van der Waals surface area contributed by atoms with E-state index in [1.54, 1.807) is 6.92 Å². The van der Waals surface area contributed by atoms with Gasteiger partial charge >= 0.3 is 5.97 Å². The van der Waals surface area contributed by atoms with Gasteiger partial charge in [-0.15, -0.1) is 0 Å². The van der Waals surface area contributed by atoms with Crippen molar-refractivity contribution in [1.82, 2.24) is 16.0 Å². The summed E-state index contributed by atoms with van der Waals surface area (Å²) in [6.07, 6.45) is 1.48. The van der Waals surface area contributed by atoms with Gasteiger partial charge < -0.3 is 38.3 Å². The summed E-state index contributed by atoms with van der Waals surface area (Å²) in [6.45, 7) is 9.19. The first-order valence-corrected chi connectivity index (χ1v) is 11.2. The maximum absolute atomic E-state index is 12.8. The van der Waals surface area contributed by atoms with E-state index in [2.05, 4.69) is 20.9 Å². The lowest BCUT2D eigenvalue weighted by atomic mass is 9.97. The van der Waals surface area contributed by atoms with Crippen molar-refractivity contribution in [2.24, 2.45) is 34.0 Å². The molecule has 33 heavy (non-hydrogen) atoms. The lowest BCUT2D eigenvalue weighted by Crippen LogP contribution is -2.58. The third-order valence-corrected chi connectivity index (χ3v) is 5.17. The fourth-order valence-corrected chi connectivity index (χ4v) is 3.00. The number of nitrogens with zero attached hydrogens (tertiary/aromatic N) is 1. The molecule has 12 heteroatoms. The van der Waals surface area contributed by atoms with Crippen molar-refractivity contribution in [3.8, 4) is 0 Å². The van der Waals surface area contributed by atoms with E-state index in [0.717, 1.165) is 0 Å². The Bertz CT molecular complexity index is 694. The monoisotopic (exact) mass is 471 g/mol. The number of guanidine groups is 1. The van der Waals surface area contributed by atoms with Crippen molar-refractivity contribution in [1.29, 1.82) is 0 Å². The molecule has 0 fully saturated rings. The van der Waals surface area contributed by atoms with Gasteiger partial charge in [0.25, 0.3) is 0 Å². The second kappa shape index (κ2) is 15.0. The molecule has 0 aromatic heterocycles. The molecule has 0 bridgehead atoms. The highest BCUT2D eigenvalue weighted by Gasteiger charge is 2.31. The average molecular weight is 472 g/mol. The van der Waals surface area contributed by atoms with Crippen LogP contribution in [0.2, 0.25) is 0 Å². The Labute approximate surface area is 195 Å². The van der Waals surface area contributed by atoms with Gasteiger partial charge in [0, 0.05) is 6.54 Å². The molecule has 0 aromatic rings. The topological polar surface area (TPSA) is 215 Å². The third kappa shape index (κ3) is 12.1. The molecule has 190 valence electrons. The minimum Gasteiger partial charge on any atom is -0.480 e. The Balaban J connectivity index is 5.13. The Morgan fingerprint density at radius 3 is 2.03 bits per heavy atom. The maximum atomic E-state index is 12.8. The van der Waals surface area contributed by atoms with Crippen LogP contribution >= 0.6 is 0 Å². The predicted octanol–water partition coefficient (Wildman–Crippen LogP) is -0.982. The van der Waals surface area contributed by atoms with Gasteiger partial charge in [-0.1, -0.05) is 34.1 Å². The van der Waals surface area contributed by atoms with Crippen LogP contribution in [0.15, 0.2) is 4.99 Å². The van der Waals surface area contributed by atoms with E-state index in [1.165, 1.54) is 6.92 Å². The maximum Gasteiger partial charge on any atom is 0.326 e. The molecule has 0 aliphatic rings. The molecule has 0 aliphatic carbocycles.